The first-order valence-corrected chi connectivity index (χ1v) is 7.76. The fraction of sp³-hybridized carbons (Fsp3) is 0.100. The van der Waals surface area contributed by atoms with Gasteiger partial charge in [-0.2, -0.15) is 0 Å². The van der Waals surface area contributed by atoms with E-state index in [0.29, 0.717) is 17.7 Å². The van der Waals surface area contributed by atoms with Gasteiger partial charge in [0.15, 0.2) is 0 Å². The van der Waals surface area contributed by atoms with Crippen molar-refractivity contribution in [1.29, 1.82) is 0 Å². The summed E-state index contributed by atoms with van der Waals surface area (Å²) in [6.07, 6.45) is 1.79. The second kappa shape index (κ2) is 6.96. The van der Waals surface area contributed by atoms with E-state index in [-0.39, 0.29) is 11.8 Å². The Balaban J connectivity index is 1.77. The number of aromatic nitrogens is 1. The van der Waals surface area contributed by atoms with Gasteiger partial charge in [0.1, 0.15) is 0 Å². The van der Waals surface area contributed by atoms with Crippen molar-refractivity contribution in [3.05, 3.63) is 95.3 Å². The summed E-state index contributed by atoms with van der Waals surface area (Å²) in [5, 5.41) is 2.86. The molecule has 3 rings (SSSR count). The molecule has 0 atom stereocenters. The summed E-state index contributed by atoms with van der Waals surface area (Å²) < 4.78 is 1.59. The molecule has 0 aliphatic carbocycles. The Morgan fingerprint density at radius 3 is 2.12 bits per heavy atom. The Labute approximate surface area is 140 Å². The van der Waals surface area contributed by atoms with Crippen molar-refractivity contribution in [3.8, 4) is 0 Å². The minimum Gasteiger partial charge on any atom is -0.346 e. The van der Waals surface area contributed by atoms with Crippen molar-refractivity contribution in [2.45, 2.75) is 13.5 Å². The van der Waals surface area contributed by atoms with E-state index in [1.807, 2.05) is 49.4 Å². The van der Waals surface area contributed by atoms with E-state index in [1.54, 1.807) is 35.0 Å². The molecule has 4 nitrogen and oxygen atoms in total. The predicted octanol–water partition coefficient (Wildman–Crippen LogP) is 3.42. The average Bonchev–Trinajstić information content (AvgIpc) is 3.01. The Kier molecular flexibility index (Phi) is 4.57. The average molecular weight is 318 g/mol. The maximum atomic E-state index is 12.6. The molecule has 1 heterocycles. The molecule has 0 fully saturated rings. The quantitative estimate of drug-likeness (QED) is 0.801. The van der Waals surface area contributed by atoms with Crippen LogP contribution in [-0.2, 0) is 6.54 Å². The van der Waals surface area contributed by atoms with Crippen LogP contribution in [0.15, 0.2) is 72.9 Å². The van der Waals surface area contributed by atoms with Crippen LogP contribution in [0.3, 0.4) is 0 Å². The smallest absolute Gasteiger partial charge is 0.262 e. The summed E-state index contributed by atoms with van der Waals surface area (Å²) >= 11 is 0. The van der Waals surface area contributed by atoms with Gasteiger partial charge in [-0.1, -0.05) is 36.4 Å². The van der Waals surface area contributed by atoms with Crippen LogP contribution in [0.25, 0.3) is 0 Å². The zero-order chi connectivity index (χ0) is 16.9. The van der Waals surface area contributed by atoms with E-state index in [1.165, 1.54) is 0 Å². The fourth-order valence-electron chi connectivity index (χ4n) is 2.56. The number of amides is 1. The molecule has 1 aromatic heterocycles. The van der Waals surface area contributed by atoms with Crippen molar-refractivity contribution >= 4 is 11.8 Å². The Bertz CT molecular complexity index is 852. The highest BCUT2D eigenvalue weighted by Crippen LogP contribution is 2.12. The molecular formula is C20H18N2O2. The highest BCUT2D eigenvalue weighted by Gasteiger charge is 2.14. The molecule has 3 aromatic rings. The zero-order valence-electron chi connectivity index (χ0n) is 13.4. The number of hydrogen-bond donors (Lipinski definition) is 1. The predicted molar refractivity (Wildman–Crippen MR) is 93.0 cm³/mol. The number of nitrogens with one attached hydrogen (secondary N) is 1. The molecule has 24 heavy (non-hydrogen) atoms. The van der Waals surface area contributed by atoms with Gasteiger partial charge in [-0.05, 0) is 42.8 Å². The number of benzene rings is 2. The summed E-state index contributed by atoms with van der Waals surface area (Å²) in [5.41, 5.74) is 2.94. The number of aryl methyl sites for hydroxylation is 1. The minimum absolute atomic E-state index is 0.104. The van der Waals surface area contributed by atoms with Crippen LogP contribution in [0.2, 0.25) is 0 Å². The van der Waals surface area contributed by atoms with Gasteiger partial charge in [0.05, 0.1) is 6.54 Å². The molecule has 1 amide bonds. The molecule has 0 saturated heterocycles. The van der Waals surface area contributed by atoms with Gasteiger partial charge < -0.3 is 5.32 Å². The van der Waals surface area contributed by atoms with Gasteiger partial charge in [-0.15, -0.1) is 0 Å². The fourth-order valence-corrected chi connectivity index (χ4v) is 2.56. The molecule has 0 aliphatic heterocycles. The largest absolute Gasteiger partial charge is 0.346 e. The van der Waals surface area contributed by atoms with E-state index in [0.717, 1.165) is 11.3 Å². The van der Waals surface area contributed by atoms with Crippen LogP contribution in [0.1, 0.15) is 32.0 Å². The van der Waals surface area contributed by atoms with Gasteiger partial charge in [-0.3, -0.25) is 14.2 Å². The van der Waals surface area contributed by atoms with Gasteiger partial charge in [-0.25, -0.2) is 0 Å². The van der Waals surface area contributed by atoms with Crippen LogP contribution in [0.5, 0.6) is 0 Å². The van der Waals surface area contributed by atoms with E-state index >= 15 is 0 Å². The second-order valence-corrected chi connectivity index (χ2v) is 5.60. The van der Waals surface area contributed by atoms with Crippen molar-refractivity contribution in [2.75, 3.05) is 0 Å². The van der Waals surface area contributed by atoms with Crippen molar-refractivity contribution in [2.24, 2.45) is 0 Å². The van der Waals surface area contributed by atoms with Gasteiger partial charge in [0, 0.05) is 23.0 Å². The molecule has 0 saturated carbocycles. The number of nitrogens with zero attached hydrogens (tertiary/aromatic N) is 1. The highest BCUT2D eigenvalue weighted by atomic mass is 16.2. The van der Waals surface area contributed by atoms with E-state index < -0.39 is 0 Å². The van der Waals surface area contributed by atoms with Crippen molar-refractivity contribution in [1.82, 2.24) is 9.88 Å². The monoisotopic (exact) mass is 318 g/mol. The van der Waals surface area contributed by atoms with Crippen LogP contribution < -0.4 is 5.32 Å². The first-order valence-electron chi connectivity index (χ1n) is 7.76. The van der Waals surface area contributed by atoms with Gasteiger partial charge >= 0.3 is 0 Å². The zero-order valence-corrected chi connectivity index (χ0v) is 13.4. The summed E-state index contributed by atoms with van der Waals surface area (Å²) in [5.74, 6) is -0.263. The van der Waals surface area contributed by atoms with E-state index in [2.05, 4.69) is 5.32 Å². The maximum Gasteiger partial charge on any atom is 0.262 e. The summed E-state index contributed by atoms with van der Waals surface area (Å²) in [6, 6.07) is 20.0. The summed E-state index contributed by atoms with van der Waals surface area (Å²) in [4.78, 5) is 24.8. The third-order valence-electron chi connectivity index (χ3n) is 3.74. The Morgan fingerprint density at radius 1 is 0.917 bits per heavy atom. The Hall–Kier alpha value is -3.14. The normalized spacial score (nSPS) is 10.4. The molecule has 0 unspecified atom stereocenters. The highest BCUT2D eigenvalue weighted by molar-refractivity contribution is 5.97. The van der Waals surface area contributed by atoms with Crippen LogP contribution in [0.4, 0.5) is 0 Å². The third kappa shape index (κ3) is 3.43. The lowest BCUT2D eigenvalue weighted by Crippen LogP contribution is -2.25. The van der Waals surface area contributed by atoms with Crippen molar-refractivity contribution in [3.63, 3.8) is 0 Å². The van der Waals surface area contributed by atoms with E-state index in [4.69, 9.17) is 0 Å². The summed E-state index contributed by atoms with van der Waals surface area (Å²) in [6.45, 7) is 2.22. The molecule has 0 radical (unpaired) electrons. The lowest BCUT2D eigenvalue weighted by atomic mass is 10.2. The standard InChI is InChI=1S/C20H18N2O2/c1-15-12-18(13-21-19(23)16-8-4-2-5-9-16)22(14-15)20(24)17-10-6-3-7-11-17/h2-12,14H,13H2,1H3,(H,21,23). The number of carbonyl (C=O) groups is 2. The van der Waals surface area contributed by atoms with E-state index in [9.17, 15) is 9.59 Å². The number of carbonyl (C=O) groups excluding carboxylic acids is 2. The molecular weight excluding hydrogens is 300 g/mol. The molecule has 120 valence electrons. The van der Waals surface area contributed by atoms with Crippen LogP contribution >= 0.6 is 0 Å². The molecule has 0 aliphatic rings. The lowest BCUT2D eigenvalue weighted by Gasteiger charge is -2.09. The number of rotatable bonds is 4. The topological polar surface area (TPSA) is 51.1 Å². The molecule has 0 bridgehead atoms. The SMILES string of the molecule is Cc1cc(CNC(=O)c2ccccc2)n(C(=O)c2ccccc2)c1. The molecule has 1 N–H and O–H groups in total. The van der Waals surface area contributed by atoms with Crippen molar-refractivity contribution < 1.29 is 9.59 Å². The minimum atomic E-state index is -0.159. The van der Waals surface area contributed by atoms with Gasteiger partial charge in [0.2, 0.25) is 0 Å². The van der Waals surface area contributed by atoms with Crippen LogP contribution in [-0.4, -0.2) is 16.4 Å². The first kappa shape index (κ1) is 15.7. The third-order valence-corrected chi connectivity index (χ3v) is 3.74. The Morgan fingerprint density at radius 2 is 1.50 bits per heavy atom. The molecule has 0 spiro atoms. The summed E-state index contributed by atoms with van der Waals surface area (Å²) in [7, 11) is 0. The molecule has 2 aromatic carbocycles. The maximum absolute atomic E-state index is 12.6. The van der Waals surface area contributed by atoms with Crippen LogP contribution in [0, 0.1) is 6.92 Å². The lowest BCUT2D eigenvalue weighted by molar-refractivity contribution is 0.0931. The first-order chi connectivity index (χ1) is 11.6. The molecule has 4 heteroatoms. The second-order valence-electron chi connectivity index (χ2n) is 5.60. The van der Waals surface area contributed by atoms with Gasteiger partial charge in [0.25, 0.3) is 11.8 Å². The number of hydrogen-bond acceptors (Lipinski definition) is 2.